The molecule has 1 nitrogen and oxygen atoms in total. The summed E-state index contributed by atoms with van der Waals surface area (Å²) in [6, 6.07) is 4.62. The normalized spacial score (nSPS) is 13.0. The fraction of sp³-hybridized carbons (Fsp3) is 0.455. The van der Waals surface area contributed by atoms with Crippen molar-refractivity contribution in [2.75, 3.05) is 12.5 Å². The fourth-order valence-electron chi connectivity index (χ4n) is 1.27. The van der Waals surface area contributed by atoms with Crippen molar-refractivity contribution in [1.29, 1.82) is 0 Å². The molecule has 0 aromatic heterocycles. The molecule has 0 amide bonds. The quantitative estimate of drug-likeness (QED) is 0.624. The van der Waals surface area contributed by atoms with Crippen LogP contribution < -0.4 is 4.18 Å². The minimum atomic E-state index is -1.37. The van der Waals surface area contributed by atoms with Gasteiger partial charge in [0.05, 0.1) is 0 Å². The lowest BCUT2D eigenvalue weighted by Gasteiger charge is -2.27. The maximum absolute atomic E-state index is 13.1. The maximum Gasteiger partial charge on any atom is 0.139 e. The van der Waals surface area contributed by atoms with Gasteiger partial charge in [0.2, 0.25) is 0 Å². The number of hydrogen-bond acceptors (Lipinski definition) is 2. The topological polar surface area (TPSA) is 9.23 Å². The van der Waals surface area contributed by atoms with Crippen LogP contribution in [0, 0.1) is 5.82 Å². The van der Waals surface area contributed by atoms with E-state index >= 15 is 0 Å². The lowest BCUT2D eigenvalue weighted by atomic mass is 10.0. The van der Waals surface area contributed by atoms with Gasteiger partial charge >= 0.3 is 0 Å². The van der Waals surface area contributed by atoms with Gasteiger partial charge in [-0.2, -0.15) is 0 Å². The first-order valence-corrected chi connectivity index (χ1v) is 8.17. The maximum atomic E-state index is 13.1. The van der Waals surface area contributed by atoms with Crippen molar-refractivity contribution in [2.24, 2.45) is 0 Å². The van der Waals surface area contributed by atoms with Gasteiger partial charge in [-0.05, 0) is 24.1 Å². The van der Waals surface area contributed by atoms with E-state index in [1.807, 2.05) is 26.4 Å². The third kappa shape index (κ3) is 3.95. The number of hydrogen-bond donors (Lipinski definition) is 1. The largest absolute Gasteiger partial charge is 0.440 e. The van der Waals surface area contributed by atoms with Gasteiger partial charge in [0, 0.05) is 18.1 Å². The smallest absolute Gasteiger partial charge is 0.139 e. The highest BCUT2D eigenvalue weighted by molar-refractivity contribution is 8.85. The molecular weight excluding hydrogens is 231 g/mol. The third-order valence-corrected chi connectivity index (χ3v) is 2.70. The average molecular weight is 248 g/mol. The first kappa shape index (κ1) is 12.7. The monoisotopic (exact) mass is 248 g/mol. The molecule has 0 atom stereocenters. The van der Waals surface area contributed by atoms with E-state index in [1.165, 1.54) is 12.1 Å². The highest BCUT2D eigenvalue weighted by Crippen LogP contribution is 2.47. The van der Waals surface area contributed by atoms with Gasteiger partial charge in [-0.3, -0.25) is 0 Å². The lowest BCUT2D eigenvalue weighted by molar-refractivity contribution is 0.592. The second-order valence-electron chi connectivity index (χ2n) is 4.10. The van der Waals surface area contributed by atoms with Gasteiger partial charge in [-0.15, -0.1) is 0 Å². The summed E-state index contributed by atoms with van der Waals surface area (Å²) in [5, 5.41) is 0. The molecule has 0 fully saturated rings. The molecule has 1 rings (SSSR count). The number of thiol groups is 1. The molecule has 0 aliphatic heterocycles. The van der Waals surface area contributed by atoms with Gasteiger partial charge in [0.1, 0.15) is 11.6 Å². The Balaban J connectivity index is 3.06. The van der Waals surface area contributed by atoms with E-state index in [-0.39, 0.29) is 11.7 Å². The Morgan fingerprint density at radius 2 is 1.93 bits per heavy atom. The summed E-state index contributed by atoms with van der Waals surface area (Å²) in [5.41, 5.74) is 0.893. The van der Waals surface area contributed by atoms with Crippen molar-refractivity contribution in [1.82, 2.24) is 0 Å². The average Bonchev–Trinajstić information content (AvgIpc) is 2.05. The van der Waals surface area contributed by atoms with Crippen LogP contribution in [-0.4, -0.2) is 12.5 Å². The summed E-state index contributed by atoms with van der Waals surface area (Å²) < 4.78 is 18.8. The van der Waals surface area contributed by atoms with Crippen LogP contribution in [0.3, 0.4) is 0 Å². The molecule has 15 heavy (non-hydrogen) atoms. The Bertz CT molecular complexity index is 345. The molecule has 0 saturated heterocycles. The Morgan fingerprint density at radius 3 is 2.40 bits per heavy atom. The molecule has 0 N–H and O–H groups in total. The van der Waals surface area contributed by atoms with Crippen LogP contribution in [0.2, 0.25) is 0 Å². The first-order chi connectivity index (χ1) is 6.79. The molecule has 0 unspecified atom stereocenters. The molecule has 0 aliphatic rings. The third-order valence-electron chi connectivity index (χ3n) is 1.89. The van der Waals surface area contributed by atoms with E-state index in [2.05, 4.69) is 11.7 Å². The Kier molecular flexibility index (Phi) is 3.95. The predicted molar refractivity (Wildman–Crippen MR) is 69.5 cm³/mol. The first-order valence-electron chi connectivity index (χ1n) is 4.74. The zero-order valence-electron chi connectivity index (χ0n) is 9.45. The van der Waals surface area contributed by atoms with Gasteiger partial charge < -0.3 is 4.18 Å². The number of rotatable bonds is 3. The second-order valence-corrected chi connectivity index (χ2v) is 9.27. The number of benzene rings is 1. The molecule has 0 bridgehead atoms. The molecule has 86 valence electrons. The molecular formula is C11H17FOS2. The van der Waals surface area contributed by atoms with Crippen LogP contribution in [0.25, 0.3) is 0 Å². The van der Waals surface area contributed by atoms with Gasteiger partial charge in [0.15, 0.2) is 0 Å². The van der Waals surface area contributed by atoms with Gasteiger partial charge in [0.25, 0.3) is 0 Å². The van der Waals surface area contributed by atoms with Crippen LogP contribution in [0.1, 0.15) is 25.3 Å². The van der Waals surface area contributed by atoms with Crippen molar-refractivity contribution in [3.8, 4) is 5.75 Å². The SMILES string of the molecule is CC(C)c1cc(F)ccc1OS(C)(C)S. The second kappa shape index (κ2) is 4.66. The summed E-state index contributed by atoms with van der Waals surface area (Å²) in [6.45, 7) is 4.03. The van der Waals surface area contributed by atoms with E-state index in [4.69, 9.17) is 4.18 Å². The predicted octanol–water partition coefficient (Wildman–Crippen LogP) is 4.15. The summed E-state index contributed by atoms with van der Waals surface area (Å²) in [6.07, 6.45) is 3.87. The highest BCUT2D eigenvalue weighted by atomic mass is 33.1. The molecule has 0 spiro atoms. The van der Waals surface area contributed by atoms with Crippen molar-refractivity contribution in [3.05, 3.63) is 29.6 Å². The zero-order chi connectivity index (χ0) is 11.6. The van der Waals surface area contributed by atoms with Crippen molar-refractivity contribution >= 4 is 21.0 Å². The summed E-state index contributed by atoms with van der Waals surface area (Å²) in [5.74, 6) is 0.755. The van der Waals surface area contributed by atoms with Crippen LogP contribution in [-0.2, 0) is 0 Å². The van der Waals surface area contributed by atoms with Crippen LogP contribution in [0.4, 0.5) is 4.39 Å². The van der Waals surface area contributed by atoms with Gasteiger partial charge in [-0.1, -0.05) is 34.8 Å². The number of halogens is 1. The van der Waals surface area contributed by atoms with E-state index in [0.29, 0.717) is 0 Å². The zero-order valence-corrected chi connectivity index (χ0v) is 11.2. The molecule has 4 heteroatoms. The van der Waals surface area contributed by atoms with Crippen molar-refractivity contribution in [2.45, 2.75) is 19.8 Å². The minimum Gasteiger partial charge on any atom is -0.440 e. The Labute approximate surface area is 97.4 Å². The van der Waals surface area contributed by atoms with Crippen LogP contribution >= 0.6 is 21.0 Å². The van der Waals surface area contributed by atoms with Crippen LogP contribution in [0.15, 0.2) is 18.2 Å². The molecule has 0 heterocycles. The lowest BCUT2D eigenvalue weighted by Crippen LogP contribution is -2.01. The van der Waals surface area contributed by atoms with Crippen molar-refractivity contribution in [3.63, 3.8) is 0 Å². The van der Waals surface area contributed by atoms with Crippen LogP contribution in [0.5, 0.6) is 5.75 Å². The van der Waals surface area contributed by atoms with E-state index in [0.717, 1.165) is 11.3 Å². The summed E-state index contributed by atoms with van der Waals surface area (Å²) in [7, 11) is -1.37. The minimum absolute atomic E-state index is 0.224. The standard InChI is InChI=1S/C11H17FOS2/c1-8(2)10-7-9(12)5-6-11(10)13-15(3,4)14/h5-8,14H,1-4H3. The summed E-state index contributed by atoms with van der Waals surface area (Å²) in [4.78, 5) is 0. The van der Waals surface area contributed by atoms with E-state index in [9.17, 15) is 4.39 Å². The molecule has 1 aromatic carbocycles. The fourth-order valence-corrected chi connectivity index (χ4v) is 2.10. The Morgan fingerprint density at radius 1 is 1.33 bits per heavy atom. The van der Waals surface area contributed by atoms with Gasteiger partial charge in [-0.25, -0.2) is 4.39 Å². The molecule has 1 aromatic rings. The molecule has 0 radical (unpaired) electrons. The molecule has 0 aliphatic carbocycles. The highest BCUT2D eigenvalue weighted by Gasteiger charge is 2.14. The van der Waals surface area contributed by atoms with E-state index in [1.54, 1.807) is 6.07 Å². The summed E-state index contributed by atoms with van der Waals surface area (Å²) >= 11 is 4.38. The molecule has 0 saturated carbocycles. The Hall–Kier alpha value is -0.350. The van der Waals surface area contributed by atoms with Crippen molar-refractivity contribution < 1.29 is 8.57 Å². The van der Waals surface area contributed by atoms with E-state index < -0.39 is 9.34 Å².